The van der Waals surface area contributed by atoms with Gasteiger partial charge < -0.3 is 10.2 Å². The number of hydrogen-bond donors (Lipinski definition) is 2. The molecule has 0 saturated carbocycles. The zero-order valence-corrected chi connectivity index (χ0v) is 9.66. The van der Waals surface area contributed by atoms with Gasteiger partial charge in [-0.1, -0.05) is 6.92 Å². The smallest absolute Gasteiger partial charge is 0.241 e. The molecule has 2 fully saturated rings. The van der Waals surface area contributed by atoms with Crippen LogP contribution in [0.1, 0.15) is 19.8 Å². The van der Waals surface area contributed by atoms with E-state index in [4.69, 9.17) is 0 Å². The van der Waals surface area contributed by atoms with E-state index < -0.39 is 0 Å². The van der Waals surface area contributed by atoms with Gasteiger partial charge >= 0.3 is 0 Å². The molecule has 5 nitrogen and oxygen atoms in total. The topological polar surface area (TPSA) is 61.4 Å². The summed E-state index contributed by atoms with van der Waals surface area (Å²) in [5, 5.41) is 5.69. The number of hydrogen-bond acceptors (Lipinski definition) is 3. The molecule has 2 N–H and O–H groups in total. The van der Waals surface area contributed by atoms with Crippen LogP contribution >= 0.6 is 0 Å². The normalized spacial score (nSPS) is 31.1. The Kier molecular flexibility index (Phi) is 3.43. The molecule has 2 heterocycles. The third-order valence-corrected chi connectivity index (χ3v) is 3.28. The van der Waals surface area contributed by atoms with Crippen molar-refractivity contribution in [3.05, 3.63) is 0 Å². The fourth-order valence-corrected chi connectivity index (χ4v) is 2.35. The van der Waals surface area contributed by atoms with Crippen LogP contribution in [0.15, 0.2) is 0 Å². The lowest BCUT2D eigenvalue weighted by molar-refractivity contribution is -0.136. The molecule has 2 aliphatic rings. The van der Waals surface area contributed by atoms with Crippen LogP contribution < -0.4 is 10.6 Å². The van der Waals surface area contributed by atoms with Gasteiger partial charge in [-0.15, -0.1) is 0 Å². The molecule has 90 valence electrons. The van der Waals surface area contributed by atoms with Crippen LogP contribution in [0, 0.1) is 5.92 Å². The van der Waals surface area contributed by atoms with E-state index in [1.54, 1.807) is 0 Å². The van der Waals surface area contributed by atoms with E-state index in [2.05, 4.69) is 17.6 Å². The number of rotatable bonds is 1. The molecule has 5 heteroatoms. The van der Waals surface area contributed by atoms with Gasteiger partial charge in [0.1, 0.15) is 6.04 Å². The van der Waals surface area contributed by atoms with Crippen LogP contribution in [0.4, 0.5) is 0 Å². The Hall–Kier alpha value is -1.10. The third-order valence-electron chi connectivity index (χ3n) is 3.28. The van der Waals surface area contributed by atoms with Crippen molar-refractivity contribution in [1.29, 1.82) is 0 Å². The zero-order chi connectivity index (χ0) is 11.5. The summed E-state index contributed by atoms with van der Waals surface area (Å²) < 4.78 is 0. The molecule has 2 saturated heterocycles. The van der Waals surface area contributed by atoms with Gasteiger partial charge in [-0.05, 0) is 18.8 Å². The predicted octanol–water partition coefficient (Wildman–Crippen LogP) is -0.667. The van der Waals surface area contributed by atoms with Crippen molar-refractivity contribution in [2.45, 2.75) is 25.8 Å². The Morgan fingerprint density at radius 2 is 2.31 bits per heavy atom. The van der Waals surface area contributed by atoms with Crippen LogP contribution in [0.25, 0.3) is 0 Å². The molecule has 2 aliphatic heterocycles. The molecule has 0 aromatic rings. The van der Waals surface area contributed by atoms with Crippen LogP contribution in [-0.2, 0) is 9.59 Å². The van der Waals surface area contributed by atoms with Crippen molar-refractivity contribution >= 4 is 11.8 Å². The highest BCUT2D eigenvalue weighted by Gasteiger charge is 2.29. The van der Waals surface area contributed by atoms with E-state index in [1.165, 1.54) is 6.42 Å². The van der Waals surface area contributed by atoms with Crippen molar-refractivity contribution in [1.82, 2.24) is 15.5 Å². The SMILES string of the molecule is CC1CCCN(C(=O)C2CNC(=O)CN2)C1. The molecular weight excluding hydrogens is 206 g/mol. The fourth-order valence-electron chi connectivity index (χ4n) is 2.35. The Morgan fingerprint density at radius 1 is 1.50 bits per heavy atom. The maximum atomic E-state index is 12.1. The lowest BCUT2D eigenvalue weighted by atomic mass is 9.99. The van der Waals surface area contributed by atoms with E-state index >= 15 is 0 Å². The molecule has 0 spiro atoms. The highest BCUT2D eigenvalue weighted by Crippen LogP contribution is 2.16. The Bertz CT molecular complexity index is 283. The molecule has 2 atom stereocenters. The third kappa shape index (κ3) is 2.52. The average Bonchev–Trinajstić information content (AvgIpc) is 2.29. The molecule has 16 heavy (non-hydrogen) atoms. The summed E-state index contributed by atoms with van der Waals surface area (Å²) in [6.07, 6.45) is 2.30. The number of amides is 2. The summed E-state index contributed by atoms with van der Waals surface area (Å²) in [4.78, 5) is 25.0. The lowest BCUT2D eigenvalue weighted by Gasteiger charge is -2.35. The lowest BCUT2D eigenvalue weighted by Crippen LogP contribution is -2.59. The molecule has 0 bridgehead atoms. The Balaban J connectivity index is 1.89. The number of nitrogens with zero attached hydrogens (tertiary/aromatic N) is 1. The summed E-state index contributed by atoms with van der Waals surface area (Å²) in [6.45, 7) is 4.55. The summed E-state index contributed by atoms with van der Waals surface area (Å²) in [7, 11) is 0. The molecule has 0 aliphatic carbocycles. The van der Waals surface area contributed by atoms with Crippen LogP contribution in [0.5, 0.6) is 0 Å². The van der Waals surface area contributed by atoms with Crippen molar-refractivity contribution in [2.24, 2.45) is 5.92 Å². The highest BCUT2D eigenvalue weighted by molar-refractivity contribution is 5.86. The number of piperazine rings is 1. The summed E-state index contributed by atoms with van der Waals surface area (Å²) in [5.74, 6) is 0.693. The van der Waals surface area contributed by atoms with Gasteiger partial charge in [0.15, 0.2) is 0 Å². The quantitative estimate of drug-likeness (QED) is 0.622. The van der Waals surface area contributed by atoms with Crippen molar-refractivity contribution in [2.75, 3.05) is 26.2 Å². The molecule has 0 radical (unpaired) electrons. The van der Waals surface area contributed by atoms with Gasteiger partial charge in [0, 0.05) is 19.6 Å². The molecule has 0 aromatic carbocycles. The number of carbonyl (C=O) groups excluding carboxylic acids is 2. The number of likely N-dealkylation sites (tertiary alicyclic amines) is 1. The van der Waals surface area contributed by atoms with E-state index in [-0.39, 0.29) is 24.4 Å². The first-order chi connectivity index (χ1) is 7.66. The predicted molar refractivity (Wildman–Crippen MR) is 59.8 cm³/mol. The Labute approximate surface area is 95.6 Å². The van der Waals surface area contributed by atoms with Gasteiger partial charge in [0.25, 0.3) is 0 Å². The zero-order valence-electron chi connectivity index (χ0n) is 9.66. The molecule has 2 rings (SSSR count). The van der Waals surface area contributed by atoms with Crippen LogP contribution in [0.3, 0.4) is 0 Å². The number of piperidine rings is 1. The number of nitrogens with one attached hydrogen (secondary N) is 2. The second-order valence-electron chi connectivity index (χ2n) is 4.77. The largest absolute Gasteiger partial charge is 0.353 e. The first-order valence-corrected chi connectivity index (χ1v) is 5.95. The average molecular weight is 225 g/mol. The van der Waals surface area contributed by atoms with E-state index in [9.17, 15) is 9.59 Å². The molecule has 2 unspecified atom stereocenters. The minimum Gasteiger partial charge on any atom is -0.353 e. The molecule has 2 amide bonds. The maximum Gasteiger partial charge on any atom is 0.241 e. The van der Waals surface area contributed by atoms with Gasteiger partial charge in [-0.25, -0.2) is 0 Å². The van der Waals surface area contributed by atoms with E-state index in [1.807, 2.05) is 4.90 Å². The summed E-state index contributed by atoms with van der Waals surface area (Å²) in [5.41, 5.74) is 0. The van der Waals surface area contributed by atoms with Crippen LogP contribution in [0.2, 0.25) is 0 Å². The number of carbonyl (C=O) groups is 2. The summed E-state index contributed by atoms with van der Waals surface area (Å²) >= 11 is 0. The minimum absolute atomic E-state index is 0.0314. The van der Waals surface area contributed by atoms with Crippen molar-refractivity contribution in [3.63, 3.8) is 0 Å². The van der Waals surface area contributed by atoms with E-state index in [0.29, 0.717) is 12.5 Å². The highest BCUT2D eigenvalue weighted by atomic mass is 16.2. The maximum absolute atomic E-state index is 12.1. The van der Waals surface area contributed by atoms with Gasteiger partial charge in [0.05, 0.1) is 6.54 Å². The van der Waals surface area contributed by atoms with Crippen LogP contribution in [-0.4, -0.2) is 48.9 Å². The first kappa shape index (κ1) is 11.4. The minimum atomic E-state index is -0.233. The van der Waals surface area contributed by atoms with Crippen molar-refractivity contribution < 1.29 is 9.59 Å². The second kappa shape index (κ2) is 4.82. The van der Waals surface area contributed by atoms with Gasteiger partial charge in [0.2, 0.25) is 11.8 Å². The standard InChI is InChI=1S/C11H19N3O2/c1-8-3-2-4-14(7-8)11(16)9-5-13-10(15)6-12-9/h8-9,12H,2-7H2,1H3,(H,13,15). The van der Waals surface area contributed by atoms with Gasteiger partial charge in [-0.2, -0.15) is 0 Å². The Morgan fingerprint density at radius 3 is 2.94 bits per heavy atom. The fraction of sp³-hybridized carbons (Fsp3) is 0.818. The molecule has 0 aromatic heterocycles. The van der Waals surface area contributed by atoms with E-state index in [0.717, 1.165) is 19.5 Å². The van der Waals surface area contributed by atoms with Gasteiger partial charge in [-0.3, -0.25) is 14.9 Å². The monoisotopic (exact) mass is 225 g/mol. The second-order valence-corrected chi connectivity index (χ2v) is 4.77. The van der Waals surface area contributed by atoms with Crippen molar-refractivity contribution in [3.8, 4) is 0 Å². The molecular formula is C11H19N3O2. The summed E-state index contributed by atoms with van der Waals surface area (Å²) in [6, 6.07) is -0.233. The first-order valence-electron chi connectivity index (χ1n) is 5.95.